The Morgan fingerprint density at radius 2 is 2.19 bits per heavy atom. The minimum Gasteiger partial charge on any atom is -0.315 e. The zero-order valence-electron chi connectivity index (χ0n) is 15.6. The van der Waals surface area contributed by atoms with E-state index in [4.69, 9.17) is 0 Å². The Morgan fingerprint density at radius 3 is 2.92 bits per heavy atom. The second kappa shape index (κ2) is 8.03. The van der Waals surface area contributed by atoms with Crippen LogP contribution in [0, 0.1) is 24.2 Å². The molecule has 1 heterocycles. The number of nitrogens with zero attached hydrogens (tertiary/aromatic N) is 2. The molecule has 4 nitrogen and oxygen atoms in total. The number of nitrogens with one attached hydrogen (secondary N) is 1. The topological polar surface area (TPSA) is 56.1 Å². The molecule has 1 atom stereocenters. The number of thiophene rings is 1. The van der Waals surface area contributed by atoms with Crippen LogP contribution in [0.3, 0.4) is 0 Å². The standard InChI is InChI=1S/C21H25N3OS/c1-14-8-9-17-18(11-22)21(26-19(17)10-14)23-20(25)13-24(3)12-16-7-5-4-6-15(16)2/h4-7,14H,8-10,12-13H2,1-3H3,(H,23,25)/t14-/m1/s1. The predicted octanol–water partition coefficient (Wildman–Crippen LogP) is 4.12. The van der Waals surface area contributed by atoms with Gasteiger partial charge in [-0.3, -0.25) is 9.69 Å². The van der Waals surface area contributed by atoms with Crippen molar-refractivity contribution < 1.29 is 4.79 Å². The molecule has 0 unspecified atom stereocenters. The lowest BCUT2D eigenvalue weighted by molar-refractivity contribution is -0.117. The number of rotatable bonds is 5. The number of amides is 1. The van der Waals surface area contributed by atoms with Gasteiger partial charge in [0, 0.05) is 11.4 Å². The molecule has 0 fully saturated rings. The van der Waals surface area contributed by atoms with Crippen molar-refractivity contribution in [2.75, 3.05) is 18.9 Å². The second-order valence-electron chi connectivity index (χ2n) is 7.31. The van der Waals surface area contributed by atoms with Crippen molar-refractivity contribution in [2.24, 2.45) is 5.92 Å². The van der Waals surface area contributed by atoms with Gasteiger partial charge >= 0.3 is 0 Å². The van der Waals surface area contributed by atoms with E-state index in [0.717, 1.165) is 36.4 Å². The molecule has 2 aromatic rings. The Morgan fingerprint density at radius 1 is 1.42 bits per heavy atom. The fourth-order valence-corrected chi connectivity index (χ4v) is 4.88. The number of anilines is 1. The van der Waals surface area contributed by atoms with Crippen LogP contribution in [0.1, 0.15) is 40.5 Å². The molecule has 1 aromatic heterocycles. The first-order chi connectivity index (χ1) is 12.5. The number of nitriles is 1. The first kappa shape index (κ1) is 18.6. The SMILES string of the molecule is Cc1ccccc1CN(C)CC(=O)Nc1sc2c(c1C#N)CC[C@@H](C)C2. The van der Waals surface area contributed by atoms with E-state index in [1.54, 1.807) is 11.3 Å². The zero-order chi connectivity index (χ0) is 18.7. The van der Waals surface area contributed by atoms with Crippen molar-refractivity contribution in [3.8, 4) is 6.07 Å². The number of aryl methyl sites for hydroxylation is 1. The molecule has 0 aliphatic heterocycles. The summed E-state index contributed by atoms with van der Waals surface area (Å²) >= 11 is 1.58. The summed E-state index contributed by atoms with van der Waals surface area (Å²) in [6.45, 7) is 5.36. The van der Waals surface area contributed by atoms with Crippen LogP contribution in [0.4, 0.5) is 5.00 Å². The van der Waals surface area contributed by atoms with Crippen molar-refractivity contribution in [1.29, 1.82) is 5.26 Å². The fraction of sp³-hybridized carbons (Fsp3) is 0.429. The summed E-state index contributed by atoms with van der Waals surface area (Å²) in [6, 6.07) is 10.5. The summed E-state index contributed by atoms with van der Waals surface area (Å²) in [5.74, 6) is 0.584. The van der Waals surface area contributed by atoms with Gasteiger partial charge in [-0.05, 0) is 55.8 Å². The molecule has 3 rings (SSSR count). The smallest absolute Gasteiger partial charge is 0.239 e. The van der Waals surface area contributed by atoms with Crippen LogP contribution < -0.4 is 5.32 Å². The quantitative estimate of drug-likeness (QED) is 0.865. The Hall–Kier alpha value is -2.16. The molecule has 0 bridgehead atoms. The van der Waals surface area contributed by atoms with Crippen LogP contribution in [0.5, 0.6) is 0 Å². The highest BCUT2D eigenvalue weighted by molar-refractivity contribution is 7.16. The first-order valence-corrected chi connectivity index (χ1v) is 9.87. The minimum absolute atomic E-state index is 0.0655. The maximum absolute atomic E-state index is 12.5. The third-order valence-electron chi connectivity index (χ3n) is 4.99. The average molecular weight is 368 g/mol. The van der Waals surface area contributed by atoms with Gasteiger partial charge in [-0.1, -0.05) is 31.2 Å². The normalized spacial score (nSPS) is 16.2. The van der Waals surface area contributed by atoms with Gasteiger partial charge in [0.05, 0.1) is 12.1 Å². The van der Waals surface area contributed by atoms with Gasteiger partial charge in [-0.2, -0.15) is 5.26 Å². The number of carbonyl (C=O) groups excluding carboxylic acids is 1. The molecule has 5 heteroatoms. The first-order valence-electron chi connectivity index (χ1n) is 9.05. The van der Waals surface area contributed by atoms with Crippen LogP contribution >= 0.6 is 11.3 Å². The lowest BCUT2D eigenvalue weighted by atomic mass is 9.89. The molecule has 1 aliphatic rings. The third-order valence-corrected chi connectivity index (χ3v) is 6.16. The Kier molecular flexibility index (Phi) is 5.75. The molecule has 0 saturated carbocycles. The summed E-state index contributed by atoms with van der Waals surface area (Å²) < 4.78 is 0. The van der Waals surface area contributed by atoms with Gasteiger partial charge < -0.3 is 5.32 Å². The van der Waals surface area contributed by atoms with E-state index in [-0.39, 0.29) is 5.91 Å². The van der Waals surface area contributed by atoms with Gasteiger partial charge in [-0.15, -0.1) is 11.3 Å². The van der Waals surface area contributed by atoms with Crippen LogP contribution in [0.25, 0.3) is 0 Å². The monoisotopic (exact) mass is 367 g/mol. The van der Waals surface area contributed by atoms with E-state index < -0.39 is 0 Å². The average Bonchev–Trinajstić information content (AvgIpc) is 2.92. The van der Waals surface area contributed by atoms with Gasteiger partial charge in [0.15, 0.2) is 0 Å². The summed E-state index contributed by atoms with van der Waals surface area (Å²) in [4.78, 5) is 15.8. The van der Waals surface area contributed by atoms with E-state index in [1.165, 1.54) is 16.0 Å². The van der Waals surface area contributed by atoms with E-state index in [2.05, 4.69) is 37.4 Å². The van der Waals surface area contributed by atoms with Crippen molar-refractivity contribution in [1.82, 2.24) is 4.90 Å². The fourth-order valence-electron chi connectivity index (χ4n) is 3.50. The number of hydrogen-bond donors (Lipinski definition) is 1. The number of likely N-dealkylation sites (N-methyl/N-ethyl adjacent to an activating group) is 1. The summed E-state index contributed by atoms with van der Waals surface area (Å²) in [6.07, 6.45) is 3.07. The maximum Gasteiger partial charge on any atom is 0.239 e. The molecular weight excluding hydrogens is 342 g/mol. The molecule has 1 N–H and O–H groups in total. The Bertz CT molecular complexity index is 849. The maximum atomic E-state index is 12.5. The molecule has 1 aliphatic carbocycles. The molecular formula is C21H25N3OS. The zero-order valence-corrected chi connectivity index (χ0v) is 16.4. The highest BCUT2D eigenvalue weighted by Gasteiger charge is 2.24. The van der Waals surface area contributed by atoms with Crippen LogP contribution in [-0.2, 0) is 24.2 Å². The van der Waals surface area contributed by atoms with Gasteiger partial charge in [-0.25, -0.2) is 0 Å². The van der Waals surface area contributed by atoms with Crippen molar-refractivity contribution in [2.45, 2.75) is 39.7 Å². The summed E-state index contributed by atoms with van der Waals surface area (Å²) in [5, 5.41) is 13.2. The predicted molar refractivity (Wildman–Crippen MR) is 106 cm³/mol. The largest absolute Gasteiger partial charge is 0.315 e. The lowest BCUT2D eigenvalue weighted by Crippen LogP contribution is -2.30. The van der Waals surface area contributed by atoms with E-state index in [9.17, 15) is 10.1 Å². The van der Waals surface area contributed by atoms with E-state index >= 15 is 0 Å². The number of benzene rings is 1. The lowest BCUT2D eigenvalue weighted by Gasteiger charge is -2.17. The summed E-state index contributed by atoms with van der Waals surface area (Å²) in [7, 11) is 1.94. The number of hydrogen-bond acceptors (Lipinski definition) is 4. The second-order valence-corrected chi connectivity index (χ2v) is 8.42. The van der Waals surface area contributed by atoms with E-state index in [1.807, 2.05) is 24.1 Å². The Balaban J connectivity index is 1.65. The minimum atomic E-state index is -0.0655. The summed E-state index contributed by atoms with van der Waals surface area (Å²) in [5.41, 5.74) is 4.28. The Labute approximate surface area is 159 Å². The molecule has 136 valence electrons. The van der Waals surface area contributed by atoms with Crippen LogP contribution in [0.2, 0.25) is 0 Å². The molecule has 1 aromatic carbocycles. The van der Waals surface area contributed by atoms with Gasteiger partial charge in [0.2, 0.25) is 5.91 Å². The molecule has 0 saturated heterocycles. The molecule has 0 spiro atoms. The number of fused-ring (bicyclic) bond motifs is 1. The van der Waals surface area contributed by atoms with Crippen molar-refractivity contribution in [3.63, 3.8) is 0 Å². The van der Waals surface area contributed by atoms with Crippen molar-refractivity contribution in [3.05, 3.63) is 51.4 Å². The van der Waals surface area contributed by atoms with Gasteiger partial charge in [0.25, 0.3) is 0 Å². The van der Waals surface area contributed by atoms with Crippen LogP contribution in [0.15, 0.2) is 24.3 Å². The van der Waals surface area contributed by atoms with Gasteiger partial charge in [0.1, 0.15) is 11.1 Å². The highest BCUT2D eigenvalue weighted by Crippen LogP contribution is 2.39. The molecule has 0 radical (unpaired) electrons. The molecule has 26 heavy (non-hydrogen) atoms. The number of carbonyl (C=O) groups is 1. The van der Waals surface area contributed by atoms with Crippen LogP contribution in [-0.4, -0.2) is 24.4 Å². The van der Waals surface area contributed by atoms with Crippen molar-refractivity contribution >= 4 is 22.2 Å². The van der Waals surface area contributed by atoms with E-state index in [0.29, 0.717) is 18.0 Å². The third kappa shape index (κ3) is 4.14. The molecule has 1 amide bonds. The highest BCUT2D eigenvalue weighted by atomic mass is 32.1.